The molecule has 0 saturated heterocycles. The molecule has 0 unspecified atom stereocenters. The molecule has 2 bridgehead atoms. The van der Waals surface area contributed by atoms with E-state index in [2.05, 4.69) is 6.92 Å². The van der Waals surface area contributed by atoms with Gasteiger partial charge in [0.1, 0.15) is 0 Å². The quantitative estimate of drug-likeness (QED) is 0.462. The van der Waals surface area contributed by atoms with Gasteiger partial charge < -0.3 is 12.9 Å². The molecule has 4 heteroatoms. The average Bonchev–Trinajstić information content (AvgIpc) is 1.88. The predicted molar refractivity (Wildman–Crippen MR) is 52.2 cm³/mol. The SMILES string of the molecule is CCCCCC12CC([B-](F)(F)F)(C1)C2. The van der Waals surface area contributed by atoms with Crippen LogP contribution in [0.4, 0.5) is 12.9 Å². The molecule has 0 radical (unpaired) electrons. The van der Waals surface area contributed by atoms with Gasteiger partial charge in [-0.15, -0.1) is 0 Å². The lowest BCUT2D eigenvalue weighted by molar-refractivity contribution is -0.119. The van der Waals surface area contributed by atoms with Crippen LogP contribution >= 0.6 is 0 Å². The summed E-state index contributed by atoms with van der Waals surface area (Å²) in [6.07, 6.45) is 5.84. The molecular formula is C10H17BF3-. The van der Waals surface area contributed by atoms with E-state index in [1.165, 1.54) is 6.42 Å². The average molecular weight is 205 g/mol. The van der Waals surface area contributed by atoms with E-state index < -0.39 is 12.3 Å². The minimum atomic E-state index is -4.56. The molecule has 14 heavy (non-hydrogen) atoms. The molecule has 0 aromatic carbocycles. The zero-order chi connectivity index (χ0) is 10.4. The van der Waals surface area contributed by atoms with Crippen molar-refractivity contribution in [3.05, 3.63) is 0 Å². The second-order valence-corrected chi connectivity index (χ2v) is 5.42. The first kappa shape index (κ1) is 10.4. The molecule has 0 aliphatic heterocycles. The van der Waals surface area contributed by atoms with Gasteiger partial charge in [-0.05, 0) is 11.8 Å². The van der Waals surface area contributed by atoms with Crippen molar-refractivity contribution in [3.63, 3.8) is 0 Å². The third kappa shape index (κ3) is 1.29. The van der Waals surface area contributed by atoms with E-state index in [0.29, 0.717) is 19.3 Å². The number of hydrogen-bond acceptors (Lipinski definition) is 0. The Balaban J connectivity index is 1.77. The summed E-state index contributed by atoms with van der Waals surface area (Å²) >= 11 is 0. The molecule has 0 amide bonds. The summed E-state index contributed by atoms with van der Waals surface area (Å²) in [5.41, 5.74) is 0.131. The van der Waals surface area contributed by atoms with Crippen LogP contribution < -0.4 is 0 Å². The van der Waals surface area contributed by atoms with E-state index in [9.17, 15) is 12.9 Å². The molecule has 0 spiro atoms. The zero-order valence-corrected chi connectivity index (χ0v) is 8.66. The number of hydrogen-bond donors (Lipinski definition) is 0. The number of halogens is 3. The van der Waals surface area contributed by atoms with Gasteiger partial charge >= 0.3 is 6.98 Å². The topological polar surface area (TPSA) is 0 Å². The van der Waals surface area contributed by atoms with Crippen molar-refractivity contribution in [2.24, 2.45) is 5.41 Å². The van der Waals surface area contributed by atoms with Crippen LogP contribution in [0.5, 0.6) is 0 Å². The van der Waals surface area contributed by atoms with Crippen molar-refractivity contribution in [2.45, 2.75) is 57.2 Å². The van der Waals surface area contributed by atoms with Crippen LogP contribution in [-0.2, 0) is 0 Å². The highest BCUT2D eigenvalue weighted by Crippen LogP contribution is 2.83. The molecule has 82 valence electrons. The fourth-order valence-corrected chi connectivity index (χ4v) is 3.45. The summed E-state index contributed by atoms with van der Waals surface area (Å²) in [7, 11) is 0. The van der Waals surface area contributed by atoms with Gasteiger partial charge in [-0.3, -0.25) is 0 Å². The lowest BCUT2D eigenvalue weighted by Gasteiger charge is -2.76. The Morgan fingerprint density at radius 2 is 1.64 bits per heavy atom. The fourth-order valence-electron chi connectivity index (χ4n) is 3.45. The Kier molecular flexibility index (Phi) is 2.17. The summed E-state index contributed by atoms with van der Waals surface area (Å²) in [5.74, 6) is 0. The molecule has 3 saturated carbocycles. The van der Waals surface area contributed by atoms with Gasteiger partial charge in [0.25, 0.3) is 0 Å². The van der Waals surface area contributed by atoms with Crippen LogP contribution in [0.3, 0.4) is 0 Å². The van der Waals surface area contributed by atoms with Crippen LogP contribution in [0.25, 0.3) is 0 Å². The minimum Gasteiger partial charge on any atom is -0.449 e. The van der Waals surface area contributed by atoms with Crippen LogP contribution in [0, 0.1) is 5.41 Å². The third-order valence-corrected chi connectivity index (χ3v) is 4.19. The Bertz CT molecular complexity index is 214. The van der Waals surface area contributed by atoms with Gasteiger partial charge in [0.05, 0.1) is 0 Å². The van der Waals surface area contributed by atoms with E-state index in [1.807, 2.05) is 0 Å². The van der Waals surface area contributed by atoms with E-state index in [0.717, 1.165) is 19.3 Å². The molecule has 0 atom stereocenters. The molecule has 3 fully saturated rings. The molecular weight excluding hydrogens is 188 g/mol. The maximum absolute atomic E-state index is 12.5. The molecule has 0 aromatic heterocycles. The molecule has 0 nitrogen and oxygen atoms in total. The van der Waals surface area contributed by atoms with E-state index in [4.69, 9.17) is 0 Å². The fraction of sp³-hybridized carbons (Fsp3) is 1.00. The van der Waals surface area contributed by atoms with E-state index in [1.54, 1.807) is 0 Å². The number of unbranched alkanes of at least 4 members (excludes halogenated alkanes) is 2. The minimum absolute atomic E-state index is 0.131. The maximum Gasteiger partial charge on any atom is 0.484 e. The Morgan fingerprint density at radius 1 is 1.07 bits per heavy atom. The first-order valence-corrected chi connectivity index (χ1v) is 5.63. The third-order valence-electron chi connectivity index (χ3n) is 4.19. The van der Waals surface area contributed by atoms with Crippen molar-refractivity contribution in [3.8, 4) is 0 Å². The molecule has 0 aromatic rings. The predicted octanol–water partition coefficient (Wildman–Crippen LogP) is 4.34. The summed E-state index contributed by atoms with van der Waals surface area (Å²) < 4.78 is 37.6. The van der Waals surface area contributed by atoms with Crippen molar-refractivity contribution < 1.29 is 12.9 Å². The maximum atomic E-state index is 12.5. The van der Waals surface area contributed by atoms with Crippen molar-refractivity contribution in [2.75, 3.05) is 0 Å². The van der Waals surface area contributed by atoms with Crippen LogP contribution in [0.2, 0.25) is 5.31 Å². The van der Waals surface area contributed by atoms with Crippen LogP contribution in [-0.4, -0.2) is 6.98 Å². The summed E-state index contributed by atoms with van der Waals surface area (Å²) in [6, 6.07) is 0. The first-order valence-electron chi connectivity index (χ1n) is 5.63. The van der Waals surface area contributed by atoms with Gasteiger partial charge in [0.15, 0.2) is 0 Å². The van der Waals surface area contributed by atoms with Gasteiger partial charge in [0, 0.05) is 0 Å². The second-order valence-electron chi connectivity index (χ2n) is 5.42. The first-order chi connectivity index (χ1) is 6.43. The van der Waals surface area contributed by atoms with Gasteiger partial charge in [0.2, 0.25) is 0 Å². The normalized spacial score (nSPS) is 40.3. The highest BCUT2D eigenvalue weighted by Gasteiger charge is 2.72. The zero-order valence-electron chi connectivity index (χ0n) is 8.66. The Morgan fingerprint density at radius 3 is 2.07 bits per heavy atom. The van der Waals surface area contributed by atoms with Crippen LogP contribution in [0.15, 0.2) is 0 Å². The smallest absolute Gasteiger partial charge is 0.449 e. The molecule has 3 aliphatic carbocycles. The Hall–Kier alpha value is -0.145. The lowest BCUT2D eigenvalue weighted by atomic mass is 9.23. The van der Waals surface area contributed by atoms with E-state index in [-0.39, 0.29) is 5.41 Å². The van der Waals surface area contributed by atoms with Crippen LogP contribution in [0.1, 0.15) is 51.9 Å². The molecule has 0 heterocycles. The van der Waals surface area contributed by atoms with Crippen molar-refractivity contribution in [1.29, 1.82) is 0 Å². The molecule has 3 aliphatic rings. The monoisotopic (exact) mass is 205 g/mol. The molecule has 0 N–H and O–H groups in total. The van der Waals surface area contributed by atoms with Crippen molar-refractivity contribution >= 4 is 6.98 Å². The molecule has 3 rings (SSSR count). The van der Waals surface area contributed by atoms with Gasteiger partial charge in [-0.2, -0.15) is 0 Å². The van der Waals surface area contributed by atoms with E-state index >= 15 is 0 Å². The standard InChI is InChI=1S/C10H17BF3/c1-2-3-4-5-9-6-10(7-9,8-9)11(12,13)14/h2-8H2,1H3/q-1. The lowest BCUT2D eigenvalue weighted by Crippen LogP contribution is -2.64. The largest absolute Gasteiger partial charge is 0.484 e. The summed E-state index contributed by atoms with van der Waals surface area (Å²) in [5, 5.41) is -1.17. The van der Waals surface area contributed by atoms with Crippen molar-refractivity contribution in [1.82, 2.24) is 0 Å². The Labute approximate surface area is 83.3 Å². The second kappa shape index (κ2) is 2.92. The number of rotatable bonds is 5. The summed E-state index contributed by atoms with van der Waals surface area (Å²) in [4.78, 5) is 0. The van der Waals surface area contributed by atoms with Gasteiger partial charge in [-0.25, -0.2) is 0 Å². The highest BCUT2D eigenvalue weighted by atomic mass is 19.4. The van der Waals surface area contributed by atoms with Gasteiger partial charge in [-0.1, -0.05) is 50.8 Å². The summed E-state index contributed by atoms with van der Waals surface area (Å²) in [6.45, 7) is -2.43. The highest BCUT2D eigenvalue weighted by molar-refractivity contribution is 6.63.